The van der Waals surface area contributed by atoms with Crippen LogP contribution in [-0.2, 0) is 21.2 Å². The standard InChI is InChI=1S/C30H40F3N3O5S/c1-6-19(2)20(3)24-16-35(27(37)40-21(4)30(31,32)33)12-9-28(24)17-29(18-28)14-23-13-25(34-15-26(23)41-29)22-7-10-36(11-8-22)42(5,38)39/h7,13,15,20-21,24H,2,6,8-12,14,16-18H2,1,3-5H3. The Morgan fingerprint density at radius 2 is 2.00 bits per heavy atom. The number of sulfonamides is 1. The summed E-state index contributed by atoms with van der Waals surface area (Å²) in [6.45, 7) is 10.6. The number of alkyl halides is 3. The summed E-state index contributed by atoms with van der Waals surface area (Å²) < 4.78 is 75.6. The van der Waals surface area contributed by atoms with E-state index in [4.69, 9.17) is 9.47 Å². The number of aromatic nitrogens is 1. The molecule has 8 nitrogen and oxygen atoms in total. The van der Waals surface area contributed by atoms with Crippen LogP contribution in [0, 0.1) is 17.3 Å². The number of likely N-dealkylation sites (tertiary alicyclic amines) is 1. The van der Waals surface area contributed by atoms with Crippen LogP contribution in [0.5, 0.6) is 5.75 Å². The summed E-state index contributed by atoms with van der Waals surface area (Å²) in [6.07, 6.45) is 1.52. The number of hydrogen-bond acceptors (Lipinski definition) is 6. The number of rotatable bonds is 6. The van der Waals surface area contributed by atoms with Crippen molar-refractivity contribution in [3.8, 4) is 5.75 Å². The number of amides is 1. The molecule has 2 fully saturated rings. The van der Waals surface area contributed by atoms with E-state index in [1.807, 2.05) is 13.0 Å². The molecule has 3 atom stereocenters. The minimum atomic E-state index is -4.61. The van der Waals surface area contributed by atoms with Crippen LogP contribution in [0.25, 0.3) is 5.57 Å². The first-order valence-electron chi connectivity index (χ1n) is 14.6. The number of pyridine rings is 1. The molecule has 1 aliphatic carbocycles. The molecule has 2 spiro atoms. The van der Waals surface area contributed by atoms with Crippen molar-refractivity contribution < 1.29 is 35.9 Å². The van der Waals surface area contributed by atoms with Crippen molar-refractivity contribution in [2.45, 2.75) is 77.2 Å². The molecule has 42 heavy (non-hydrogen) atoms. The predicted molar refractivity (Wildman–Crippen MR) is 152 cm³/mol. The van der Waals surface area contributed by atoms with E-state index >= 15 is 0 Å². The third-order valence-corrected chi connectivity index (χ3v) is 11.2. The molecule has 0 radical (unpaired) electrons. The van der Waals surface area contributed by atoms with Gasteiger partial charge in [0.25, 0.3) is 0 Å². The quantitative estimate of drug-likeness (QED) is 0.390. The summed E-state index contributed by atoms with van der Waals surface area (Å²) >= 11 is 0. The van der Waals surface area contributed by atoms with E-state index in [2.05, 4.69) is 24.6 Å². The lowest BCUT2D eigenvalue weighted by Gasteiger charge is -2.61. The van der Waals surface area contributed by atoms with Gasteiger partial charge in [0, 0.05) is 38.2 Å². The maximum atomic E-state index is 13.0. The summed E-state index contributed by atoms with van der Waals surface area (Å²) in [5, 5.41) is 0. The van der Waals surface area contributed by atoms with Crippen molar-refractivity contribution in [2.24, 2.45) is 17.3 Å². The van der Waals surface area contributed by atoms with E-state index in [0.29, 0.717) is 39.0 Å². The van der Waals surface area contributed by atoms with E-state index < -0.39 is 28.4 Å². The topological polar surface area (TPSA) is 89.0 Å². The number of fused-ring (bicyclic) bond motifs is 1. The van der Waals surface area contributed by atoms with Crippen LogP contribution in [0.4, 0.5) is 18.0 Å². The van der Waals surface area contributed by atoms with Crippen LogP contribution < -0.4 is 4.74 Å². The highest BCUT2D eigenvalue weighted by atomic mass is 32.2. The normalized spacial score (nSPS) is 29.4. The molecule has 5 rings (SSSR count). The predicted octanol–water partition coefficient (Wildman–Crippen LogP) is 5.60. The summed E-state index contributed by atoms with van der Waals surface area (Å²) in [5.41, 5.74) is 3.49. The molecular weight excluding hydrogens is 571 g/mol. The molecular formula is C30H40F3N3O5S. The second-order valence-electron chi connectivity index (χ2n) is 12.6. The molecule has 1 aromatic heterocycles. The van der Waals surface area contributed by atoms with E-state index in [0.717, 1.165) is 60.8 Å². The van der Waals surface area contributed by atoms with Gasteiger partial charge in [-0.05, 0) is 67.9 Å². The largest absolute Gasteiger partial charge is 0.485 e. The second kappa shape index (κ2) is 10.8. The number of nitrogens with zero attached hydrogens (tertiary/aromatic N) is 3. The summed E-state index contributed by atoms with van der Waals surface area (Å²) in [4.78, 5) is 18.8. The monoisotopic (exact) mass is 611 g/mol. The molecule has 1 amide bonds. The average molecular weight is 612 g/mol. The molecule has 1 saturated carbocycles. The second-order valence-corrected chi connectivity index (χ2v) is 14.6. The van der Waals surface area contributed by atoms with Crippen LogP contribution in [0.15, 0.2) is 30.5 Å². The van der Waals surface area contributed by atoms with Crippen LogP contribution in [0.2, 0.25) is 0 Å². The highest BCUT2D eigenvalue weighted by Crippen LogP contribution is 2.63. The molecule has 1 aromatic rings. The van der Waals surface area contributed by atoms with E-state index in [9.17, 15) is 26.4 Å². The zero-order valence-corrected chi connectivity index (χ0v) is 25.5. The van der Waals surface area contributed by atoms with Gasteiger partial charge in [-0.3, -0.25) is 4.98 Å². The summed E-state index contributed by atoms with van der Waals surface area (Å²) in [7, 11) is -3.23. The first kappa shape index (κ1) is 30.8. The lowest BCUT2D eigenvalue weighted by atomic mass is 9.48. The molecule has 0 N–H and O–H groups in total. The van der Waals surface area contributed by atoms with Crippen molar-refractivity contribution in [1.29, 1.82) is 0 Å². The van der Waals surface area contributed by atoms with Gasteiger partial charge in [0.05, 0.1) is 18.1 Å². The Balaban J connectivity index is 1.29. The maximum absolute atomic E-state index is 13.0. The minimum absolute atomic E-state index is 0.0178. The third-order valence-electron chi connectivity index (χ3n) is 9.89. The SMILES string of the molecule is C=C(CC)C(C)C1CN(C(=O)OC(C)C(F)(F)F)CCC12CC1(Cc3cc(C4=CCN(S(C)(=O)=O)CC4)ncc3O1)C2. The number of hydrogen-bond donors (Lipinski definition) is 0. The van der Waals surface area contributed by atoms with E-state index in [-0.39, 0.29) is 22.9 Å². The van der Waals surface area contributed by atoms with Crippen LogP contribution in [0.3, 0.4) is 0 Å². The van der Waals surface area contributed by atoms with Gasteiger partial charge in [-0.1, -0.05) is 32.1 Å². The molecule has 0 aromatic carbocycles. The van der Waals surface area contributed by atoms with Crippen LogP contribution >= 0.6 is 0 Å². The lowest BCUT2D eigenvalue weighted by Crippen LogP contribution is -2.64. The molecule has 1 saturated heterocycles. The van der Waals surface area contributed by atoms with Crippen molar-refractivity contribution in [3.05, 3.63) is 41.7 Å². The van der Waals surface area contributed by atoms with Gasteiger partial charge in [-0.15, -0.1) is 0 Å². The number of ether oxygens (including phenoxy) is 2. The Kier molecular flexibility index (Phi) is 7.96. The Hall–Kier alpha value is -2.60. The van der Waals surface area contributed by atoms with Gasteiger partial charge in [-0.25, -0.2) is 13.2 Å². The van der Waals surface area contributed by atoms with Gasteiger partial charge in [0.2, 0.25) is 10.0 Å². The molecule has 12 heteroatoms. The van der Waals surface area contributed by atoms with Gasteiger partial charge < -0.3 is 14.4 Å². The van der Waals surface area contributed by atoms with Crippen molar-refractivity contribution in [2.75, 3.05) is 32.4 Å². The van der Waals surface area contributed by atoms with Crippen LogP contribution in [-0.4, -0.2) is 79.0 Å². The molecule has 4 heterocycles. The number of halogens is 3. The zero-order valence-electron chi connectivity index (χ0n) is 24.7. The zero-order chi connectivity index (χ0) is 30.7. The number of carbonyl (C=O) groups is 1. The smallest absolute Gasteiger partial charge is 0.425 e. The summed E-state index contributed by atoms with van der Waals surface area (Å²) in [6, 6.07) is 2.05. The first-order chi connectivity index (χ1) is 19.6. The Labute approximate surface area is 246 Å². The average Bonchev–Trinajstić information content (AvgIpc) is 3.29. The highest BCUT2D eigenvalue weighted by Gasteiger charge is 2.63. The molecule has 3 unspecified atom stereocenters. The first-order valence-corrected chi connectivity index (χ1v) is 16.4. The van der Waals surface area contributed by atoms with Crippen LogP contribution in [0.1, 0.15) is 64.1 Å². The fourth-order valence-corrected chi connectivity index (χ4v) is 8.15. The maximum Gasteiger partial charge on any atom is 0.425 e. The molecule has 4 aliphatic rings. The molecule has 232 valence electrons. The number of carbonyl (C=O) groups excluding carboxylic acids is 1. The van der Waals surface area contributed by atoms with E-state index in [1.165, 1.54) is 15.5 Å². The molecule has 0 bridgehead atoms. The van der Waals surface area contributed by atoms with Crippen molar-refractivity contribution >= 4 is 21.7 Å². The van der Waals surface area contributed by atoms with Crippen molar-refractivity contribution in [3.63, 3.8) is 0 Å². The Morgan fingerprint density at radius 1 is 1.29 bits per heavy atom. The third kappa shape index (κ3) is 5.80. The fraction of sp³-hybridized carbons (Fsp3) is 0.667. The van der Waals surface area contributed by atoms with Gasteiger partial charge in [-0.2, -0.15) is 17.5 Å². The van der Waals surface area contributed by atoms with E-state index in [1.54, 1.807) is 6.20 Å². The minimum Gasteiger partial charge on any atom is -0.485 e. The van der Waals surface area contributed by atoms with Crippen molar-refractivity contribution in [1.82, 2.24) is 14.2 Å². The van der Waals surface area contributed by atoms with Gasteiger partial charge in [0.1, 0.15) is 11.4 Å². The lowest BCUT2D eigenvalue weighted by molar-refractivity contribution is -0.202. The Morgan fingerprint density at radius 3 is 2.60 bits per heavy atom. The number of piperidine rings is 1. The number of allylic oxidation sites excluding steroid dienone is 1. The highest BCUT2D eigenvalue weighted by molar-refractivity contribution is 7.88. The fourth-order valence-electron chi connectivity index (χ4n) is 7.38. The Bertz CT molecular complexity index is 1390. The van der Waals surface area contributed by atoms with Gasteiger partial charge in [0.15, 0.2) is 6.10 Å². The summed E-state index contributed by atoms with van der Waals surface area (Å²) in [5.74, 6) is 0.849. The van der Waals surface area contributed by atoms with Gasteiger partial charge >= 0.3 is 12.3 Å². The molecule has 3 aliphatic heterocycles.